The number of halogens is 1. The van der Waals surface area contributed by atoms with E-state index >= 15 is 0 Å². The van der Waals surface area contributed by atoms with E-state index in [0.29, 0.717) is 34.9 Å². The minimum Gasteiger partial charge on any atom is -0.384 e. The lowest BCUT2D eigenvalue weighted by molar-refractivity contribution is -0.389. The molecule has 5 heterocycles. The van der Waals surface area contributed by atoms with Crippen molar-refractivity contribution in [3.05, 3.63) is 79.4 Å². The van der Waals surface area contributed by atoms with E-state index in [1.54, 1.807) is 45.2 Å². The normalized spacial score (nSPS) is 17.5. The molecule has 1 saturated carbocycles. The first kappa shape index (κ1) is 45.6. The molecule has 0 aromatic carbocycles. The lowest BCUT2D eigenvalue weighted by Crippen LogP contribution is -2.37. The van der Waals surface area contributed by atoms with Gasteiger partial charge in [0.15, 0.2) is 0 Å². The van der Waals surface area contributed by atoms with Gasteiger partial charge in [0, 0.05) is 72.4 Å². The van der Waals surface area contributed by atoms with Crippen LogP contribution in [0, 0.1) is 20.2 Å². The molecule has 3 aromatic heterocycles. The Bertz CT molecular complexity index is 1730. The second-order valence-corrected chi connectivity index (χ2v) is 14.0. The number of aromatic nitrogens is 3. The van der Waals surface area contributed by atoms with E-state index < -0.39 is 9.85 Å². The second kappa shape index (κ2) is 24.0. The first-order valence-corrected chi connectivity index (χ1v) is 18.8. The summed E-state index contributed by atoms with van der Waals surface area (Å²) in [5, 5.41) is 20.8. The Labute approximate surface area is 337 Å². The monoisotopic (exact) mass is 832 g/mol. The molecular weight excluding hydrogens is 787 g/mol. The molecule has 2 N–H and O–H groups in total. The minimum absolute atomic E-state index is 0.144. The summed E-state index contributed by atoms with van der Waals surface area (Å²) in [7, 11) is 10.4. The summed E-state index contributed by atoms with van der Waals surface area (Å²) in [6, 6.07) is 16.2. The maximum Gasteiger partial charge on any atom is 0.365 e. The van der Waals surface area contributed by atoms with Crippen LogP contribution in [0.25, 0.3) is 0 Å². The zero-order chi connectivity index (χ0) is 41.0. The fourth-order valence-corrected chi connectivity index (χ4v) is 6.67. The van der Waals surface area contributed by atoms with Crippen LogP contribution in [0.5, 0.6) is 0 Å². The van der Waals surface area contributed by atoms with Gasteiger partial charge in [0.2, 0.25) is 10.4 Å². The Kier molecular flexibility index (Phi) is 19.5. The van der Waals surface area contributed by atoms with Gasteiger partial charge in [0.05, 0.1) is 18.6 Å². The average Bonchev–Trinajstić information content (AvgIpc) is 4.00. The van der Waals surface area contributed by atoms with Crippen molar-refractivity contribution in [2.45, 2.75) is 56.7 Å². The predicted octanol–water partition coefficient (Wildman–Crippen LogP) is 2.72. The Morgan fingerprint density at radius 2 is 1.11 bits per heavy atom. The molecular formula is C34H46B3BrN11O7. The quantitative estimate of drug-likeness (QED) is 0.0861. The number of carbonyl (C=O) groups excluding carboxylic acids is 3. The van der Waals surface area contributed by atoms with Crippen LogP contribution >= 0.6 is 15.9 Å². The Morgan fingerprint density at radius 1 is 0.679 bits per heavy atom. The molecule has 0 bridgehead atoms. The van der Waals surface area contributed by atoms with Crippen molar-refractivity contribution in [1.82, 2.24) is 29.4 Å². The molecule has 3 aromatic rings. The first-order valence-electron chi connectivity index (χ1n) is 18.0. The van der Waals surface area contributed by atoms with Crippen LogP contribution in [0.4, 0.5) is 29.1 Å². The number of nitrogen functional groups attached to an aromatic ring is 1. The number of pyridine rings is 3. The molecule has 3 aliphatic rings. The fraction of sp³-hybridized carbons (Fsp3) is 0.471. The van der Waals surface area contributed by atoms with Gasteiger partial charge in [-0.2, -0.15) is 0 Å². The molecule has 0 unspecified atom stereocenters. The highest BCUT2D eigenvalue weighted by Gasteiger charge is 2.29. The SMILES string of the molecule is CN([B]C=O)C1CCCC1.CN([B]C=O)[C@H]1CCN(c2cccc(N)n2)C1.CN([B]C=O)[C@H]1CCN(c2cccc([N+](=O)[O-])n2)C1.O=[N+]([O-])c1cccc(Br)n1. The topological polar surface area (TPSA) is 218 Å². The van der Waals surface area contributed by atoms with Crippen LogP contribution in [0.3, 0.4) is 0 Å². The van der Waals surface area contributed by atoms with Crippen molar-refractivity contribution in [1.29, 1.82) is 0 Å². The van der Waals surface area contributed by atoms with Crippen molar-refractivity contribution < 1.29 is 24.2 Å². The summed E-state index contributed by atoms with van der Waals surface area (Å²) in [6.07, 6.45) is 9.50. The first-order chi connectivity index (χ1) is 26.9. The molecule has 6 rings (SSSR count). The Hall–Kier alpha value is -4.79. The van der Waals surface area contributed by atoms with Gasteiger partial charge < -0.3 is 64.6 Å². The number of carbonyl (C=O) groups is 3. The molecule has 3 radical (unpaired) electrons. The van der Waals surface area contributed by atoms with Crippen molar-refractivity contribution in [2.75, 3.05) is 62.9 Å². The number of hydrogen-bond donors (Lipinski definition) is 1. The number of nitrogens with two attached hydrogens (primary N) is 1. The smallest absolute Gasteiger partial charge is 0.365 e. The molecule has 22 heteroatoms. The van der Waals surface area contributed by atoms with Gasteiger partial charge >= 0.3 is 11.6 Å². The van der Waals surface area contributed by atoms with Crippen LogP contribution in [0.15, 0.2) is 59.2 Å². The van der Waals surface area contributed by atoms with Gasteiger partial charge in [-0.15, -0.1) is 0 Å². The van der Waals surface area contributed by atoms with Gasteiger partial charge in [-0.05, 0) is 103 Å². The van der Waals surface area contributed by atoms with Gasteiger partial charge in [-0.1, -0.05) is 18.9 Å². The van der Waals surface area contributed by atoms with E-state index in [9.17, 15) is 34.6 Å². The number of likely N-dealkylation sites (N-methyl/N-ethyl adjacent to an activating group) is 2. The Morgan fingerprint density at radius 3 is 1.54 bits per heavy atom. The van der Waals surface area contributed by atoms with E-state index in [1.807, 2.05) is 52.6 Å². The number of hydrogen-bond acceptors (Lipinski definition) is 16. The number of nitro groups is 2. The maximum absolute atomic E-state index is 10.7. The van der Waals surface area contributed by atoms with Crippen LogP contribution in [-0.4, -0.2) is 145 Å². The van der Waals surface area contributed by atoms with Crippen molar-refractivity contribution in [2.24, 2.45) is 0 Å². The fourth-order valence-electron chi connectivity index (χ4n) is 6.33. The van der Waals surface area contributed by atoms with E-state index in [-0.39, 0.29) is 17.7 Å². The summed E-state index contributed by atoms with van der Waals surface area (Å²) in [6.45, 7) is 3.29. The Balaban J connectivity index is 0.000000208. The summed E-state index contributed by atoms with van der Waals surface area (Å²) in [4.78, 5) is 72.6. The lowest BCUT2D eigenvalue weighted by Gasteiger charge is -2.22. The third kappa shape index (κ3) is 15.0. The molecule has 3 fully saturated rings. The molecule has 0 spiro atoms. The minimum atomic E-state index is -0.537. The molecule has 1 aliphatic carbocycles. The highest BCUT2D eigenvalue weighted by atomic mass is 79.9. The van der Waals surface area contributed by atoms with Crippen molar-refractivity contribution in [3.8, 4) is 0 Å². The molecule has 0 amide bonds. The number of rotatable bonds is 13. The van der Waals surface area contributed by atoms with Crippen LogP contribution < -0.4 is 15.5 Å². The van der Waals surface area contributed by atoms with E-state index in [0.717, 1.165) is 56.9 Å². The van der Waals surface area contributed by atoms with E-state index in [4.69, 9.17) is 5.73 Å². The van der Waals surface area contributed by atoms with Crippen LogP contribution in [0.1, 0.15) is 38.5 Å². The van der Waals surface area contributed by atoms with E-state index in [1.165, 1.54) is 45.2 Å². The largest absolute Gasteiger partial charge is 0.384 e. The molecule has 2 aliphatic heterocycles. The van der Waals surface area contributed by atoms with Gasteiger partial charge in [0.25, 0.3) is 22.2 Å². The van der Waals surface area contributed by atoms with Crippen LogP contribution in [0.2, 0.25) is 0 Å². The maximum atomic E-state index is 10.7. The summed E-state index contributed by atoms with van der Waals surface area (Å²) in [5.41, 5.74) is 5.67. The third-order valence-corrected chi connectivity index (χ3v) is 9.91. The molecule has 295 valence electrons. The van der Waals surface area contributed by atoms with Crippen LogP contribution in [-0.2, 0) is 14.4 Å². The highest BCUT2D eigenvalue weighted by Crippen LogP contribution is 2.24. The number of nitrogens with zero attached hydrogens (tertiary/aromatic N) is 10. The second-order valence-electron chi connectivity index (χ2n) is 13.2. The van der Waals surface area contributed by atoms with Gasteiger partial charge in [-0.3, -0.25) is 0 Å². The molecule has 56 heavy (non-hydrogen) atoms. The van der Waals surface area contributed by atoms with Gasteiger partial charge in [-0.25, -0.2) is 4.98 Å². The number of anilines is 3. The third-order valence-electron chi connectivity index (χ3n) is 9.47. The highest BCUT2D eigenvalue weighted by molar-refractivity contribution is 9.10. The predicted molar refractivity (Wildman–Crippen MR) is 222 cm³/mol. The van der Waals surface area contributed by atoms with Gasteiger partial charge in [0.1, 0.15) is 11.6 Å². The molecule has 2 atom stereocenters. The summed E-state index contributed by atoms with van der Waals surface area (Å²) in [5.74, 6) is 1.77. The standard InChI is InChI=1S/C11H14BN4O3.C11H16BN4O.C7H13BNO.C5H3BrN2O2/c1-14(12-8-17)9-5-6-15(7-9)10-3-2-4-11(13-10)16(18)19;1-15(12-8-17)9-5-6-16(7-9)11-4-2-3-10(13)14-11;1-9(8-6-10)7-4-2-3-5-7;6-4-2-1-3-5(7-4)8(9)10/h2-4,8-9H,5-7H2,1H3;2-4,8-9H,5-7H2,1H3,(H2,13,14);6-7H,2-5H2,1H3;1-3H/t2*9-;;/m00../s1. The van der Waals surface area contributed by atoms with E-state index in [2.05, 4.69) is 35.8 Å². The summed E-state index contributed by atoms with van der Waals surface area (Å²) >= 11 is 3.01. The molecule has 18 nitrogen and oxygen atoms in total. The lowest BCUT2D eigenvalue weighted by atomic mass is 9.92. The summed E-state index contributed by atoms with van der Waals surface area (Å²) < 4.78 is 0.474. The van der Waals surface area contributed by atoms with Crippen molar-refractivity contribution >= 4 is 85.8 Å². The zero-order valence-corrected chi connectivity index (χ0v) is 33.3. The van der Waals surface area contributed by atoms with Crippen molar-refractivity contribution in [3.63, 3.8) is 0 Å². The molecule has 2 saturated heterocycles. The average molecular weight is 833 g/mol. The zero-order valence-electron chi connectivity index (χ0n) is 31.7.